The molecule has 0 aliphatic rings. The van der Waals surface area contributed by atoms with Gasteiger partial charge in [0.1, 0.15) is 23.8 Å². The van der Waals surface area contributed by atoms with Crippen molar-refractivity contribution < 1.29 is 41.3 Å². The van der Waals surface area contributed by atoms with E-state index >= 15 is 0 Å². The van der Waals surface area contributed by atoms with E-state index in [0.717, 1.165) is 11.4 Å². The fourth-order valence-corrected chi connectivity index (χ4v) is 5.40. The van der Waals surface area contributed by atoms with E-state index in [1.54, 1.807) is 12.1 Å². The fourth-order valence-electron chi connectivity index (χ4n) is 5.40. The SMILES string of the molecule is COC(=O)C=[N+]=[N-].COc1cc(Nc2ccccc2)ccc1[N+]#N.Cc1cc(C)c(-n2cc[n+](-c3c(C)cc(C)cc3C)c2)c(C)c1.FB(F)F.[F-]. The number of para-hydroxylation sites is 1. The average Bonchev–Trinajstić information content (AvgIpc) is 3.53. The molecule has 0 amide bonds. The maximum Gasteiger partial charge on any atom is 0.762 e. The number of carbonyl (C=O) groups excluding carboxylic acids is 1. The van der Waals surface area contributed by atoms with Crippen LogP contribution in [0.4, 0.5) is 30.0 Å². The number of methoxy groups -OCH3 is 2. The zero-order valence-corrected chi connectivity index (χ0v) is 30.2. The standard InChI is InChI=1S/C21H25N2.C13H12N3O.C3H4N2O2.BF3.FH/c1-14-9-16(3)20(17(4)10-14)22-7-8-23(13-22)21-18(5)11-15(2)12-19(21)6;1-17-13-9-11(7-8-12(13)16-14)15-10-5-3-2-4-6-10;1-7-3(6)2-5-4;2-1(3)4;/h7-13H,1-6H3;2-9,15H,1H3;2H,1H3;;1H/q2*+1;;;/p-1. The molecule has 5 rings (SSSR count). The summed E-state index contributed by atoms with van der Waals surface area (Å²) < 4.78 is 42.6. The van der Waals surface area contributed by atoms with Crippen molar-refractivity contribution in [1.82, 2.24) is 4.57 Å². The van der Waals surface area contributed by atoms with Gasteiger partial charge in [-0.2, -0.15) is 4.79 Å². The summed E-state index contributed by atoms with van der Waals surface area (Å²) in [6.07, 6.45) is 7.13. The number of halogens is 4. The van der Waals surface area contributed by atoms with E-state index in [1.807, 2.05) is 36.4 Å². The van der Waals surface area contributed by atoms with Crippen LogP contribution in [-0.2, 0) is 9.53 Å². The number of aromatic nitrogens is 2. The summed E-state index contributed by atoms with van der Waals surface area (Å²) in [5, 5.41) is 12.0. The molecule has 4 aromatic carbocycles. The van der Waals surface area contributed by atoms with Gasteiger partial charge in [-0.3, -0.25) is 12.9 Å². The maximum atomic E-state index is 9.88. The van der Waals surface area contributed by atoms with Gasteiger partial charge in [0.2, 0.25) is 11.1 Å². The molecule has 1 N–H and O–H groups in total. The number of nitrogens with zero attached hydrogens (tertiary/aromatic N) is 6. The maximum absolute atomic E-state index is 9.88. The smallest absolute Gasteiger partial charge is 0.762 e. The molecule has 0 aliphatic heterocycles. The zero-order chi connectivity index (χ0) is 38.1. The molecule has 1 heterocycles. The first kappa shape index (κ1) is 43.8. The van der Waals surface area contributed by atoms with Crippen molar-refractivity contribution in [3.63, 3.8) is 0 Å². The van der Waals surface area contributed by atoms with E-state index in [0.29, 0.717) is 17.7 Å². The molecule has 272 valence electrons. The molecule has 0 radical (unpaired) electrons. The summed E-state index contributed by atoms with van der Waals surface area (Å²) in [5.74, 6) is -0.143. The highest BCUT2D eigenvalue weighted by molar-refractivity contribution is 6.33. The van der Waals surface area contributed by atoms with Gasteiger partial charge in [0.15, 0.2) is 4.98 Å². The summed E-state index contributed by atoms with van der Waals surface area (Å²) in [5.41, 5.74) is 20.3. The number of benzene rings is 4. The number of carbonyl (C=O) groups is 1. The second-order valence-corrected chi connectivity index (χ2v) is 11.2. The first-order chi connectivity index (χ1) is 24.2. The zero-order valence-electron chi connectivity index (χ0n) is 30.2. The number of imidazole rings is 1. The van der Waals surface area contributed by atoms with Gasteiger partial charge in [0.05, 0.1) is 14.2 Å². The van der Waals surface area contributed by atoms with E-state index < -0.39 is 13.5 Å². The minimum atomic E-state index is -3.67. The van der Waals surface area contributed by atoms with Gasteiger partial charge < -0.3 is 25.0 Å². The number of diazo groups is 1. The number of hydrogen-bond donors (Lipinski definition) is 1. The van der Waals surface area contributed by atoms with Gasteiger partial charge in [-0.05, 0) is 82.0 Å². The summed E-state index contributed by atoms with van der Waals surface area (Å²) in [6, 6.07) is 24.1. The van der Waals surface area contributed by atoms with E-state index in [-0.39, 0.29) is 4.70 Å². The average molecular weight is 719 g/mol. The third kappa shape index (κ3) is 13.6. The summed E-state index contributed by atoms with van der Waals surface area (Å²) in [4.78, 5) is 15.4. The van der Waals surface area contributed by atoms with Crippen LogP contribution in [0.15, 0.2) is 91.5 Å². The third-order valence-corrected chi connectivity index (χ3v) is 7.14. The molecule has 0 bridgehead atoms. The predicted octanol–water partition coefficient (Wildman–Crippen LogP) is 5.87. The lowest BCUT2D eigenvalue weighted by Gasteiger charge is -2.08. The molecule has 1 aromatic heterocycles. The van der Waals surface area contributed by atoms with Crippen molar-refractivity contribution >= 4 is 36.8 Å². The quantitative estimate of drug-likeness (QED) is 0.0344. The van der Waals surface area contributed by atoms with E-state index in [2.05, 4.69) is 113 Å². The number of esters is 1. The molecule has 5 aromatic rings. The Kier molecular flexibility index (Phi) is 18.3. The molecule has 0 unspecified atom stereocenters. The van der Waals surface area contributed by atoms with Crippen molar-refractivity contribution in [3.8, 4) is 17.1 Å². The lowest BCUT2D eigenvalue weighted by atomic mass is 10.0. The highest BCUT2D eigenvalue weighted by Gasteiger charge is 2.17. The fraction of sp³-hybridized carbons (Fsp3) is 0.216. The van der Waals surface area contributed by atoms with Crippen LogP contribution in [0.3, 0.4) is 0 Å². The van der Waals surface area contributed by atoms with Crippen LogP contribution in [-0.4, -0.2) is 43.3 Å². The number of rotatable bonds is 6. The van der Waals surface area contributed by atoms with Gasteiger partial charge in [0.25, 0.3) is 6.33 Å². The van der Waals surface area contributed by atoms with Gasteiger partial charge in [-0.15, -0.1) is 0 Å². The van der Waals surface area contributed by atoms with Crippen LogP contribution < -0.4 is 19.3 Å². The van der Waals surface area contributed by atoms with Crippen molar-refractivity contribution in [2.75, 3.05) is 19.5 Å². The van der Waals surface area contributed by atoms with Crippen LogP contribution in [0.25, 0.3) is 21.9 Å². The highest BCUT2D eigenvalue weighted by Crippen LogP contribution is 2.31. The Morgan fingerprint density at radius 3 is 1.87 bits per heavy atom. The number of anilines is 2. The molecule has 0 fully saturated rings. The molecule has 52 heavy (non-hydrogen) atoms. The first-order valence-electron chi connectivity index (χ1n) is 15.5. The van der Waals surface area contributed by atoms with E-state index in [4.69, 9.17) is 15.7 Å². The molecular weight excluding hydrogens is 677 g/mol. The summed E-state index contributed by atoms with van der Waals surface area (Å²) >= 11 is 0. The molecule has 10 nitrogen and oxygen atoms in total. The van der Waals surface area contributed by atoms with Crippen LogP contribution in [0, 0.1) is 46.9 Å². The second kappa shape index (κ2) is 21.7. The largest absolute Gasteiger partial charge is 1.00 e. The lowest BCUT2D eigenvalue weighted by Crippen LogP contribution is -3.00. The Bertz CT molecular complexity index is 1890. The third-order valence-electron chi connectivity index (χ3n) is 7.14. The Morgan fingerprint density at radius 2 is 1.40 bits per heavy atom. The summed E-state index contributed by atoms with van der Waals surface area (Å²) in [6.45, 7) is 13.0. The van der Waals surface area contributed by atoms with Gasteiger partial charge in [-0.1, -0.05) is 53.6 Å². The van der Waals surface area contributed by atoms with E-state index in [9.17, 15) is 17.7 Å². The van der Waals surface area contributed by atoms with Crippen LogP contribution in [0.1, 0.15) is 33.4 Å². The van der Waals surface area contributed by atoms with Gasteiger partial charge in [0, 0.05) is 23.5 Å². The number of ether oxygens (including phenoxy) is 2. The van der Waals surface area contributed by atoms with Gasteiger partial charge >= 0.3 is 25.4 Å². The Balaban J connectivity index is 0.000000409. The minimum absolute atomic E-state index is 0. The lowest BCUT2D eigenvalue weighted by molar-refractivity contribution is -0.595. The Labute approximate surface area is 301 Å². The molecule has 0 spiro atoms. The van der Waals surface area contributed by atoms with Crippen molar-refractivity contribution in [3.05, 3.63) is 135 Å². The minimum Gasteiger partial charge on any atom is -1.00 e. The molecule has 0 atom stereocenters. The van der Waals surface area contributed by atoms with Crippen LogP contribution in [0.2, 0.25) is 0 Å². The van der Waals surface area contributed by atoms with Crippen molar-refractivity contribution in [1.29, 1.82) is 5.39 Å². The van der Waals surface area contributed by atoms with Crippen LogP contribution in [0.5, 0.6) is 5.75 Å². The normalized spacial score (nSPS) is 9.35. The Morgan fingerprint density at radius 1 is 0.865 bits per heavy atom. The molecule has 0 saturated heterocycles. The van der Waals surface area contributed by atoms with Crippen molar-refractivity contribution in [2.45, 2.75) is 41.5 Å². The topological polar surface area (TPSA) is 121 Å². The predicted molar refractivity (Wildman–Crippen MR) is 194 cm³/mol. The Hall–Kier alpha value is -6.26. The number of aryl methyl sites for hydroxylation is 6. The number of hydrogen-bond acceptors (Lipinski definition) is 5. The highest BCUT2D eigenvalue weighted by atomic mass is 19.4. The monoisotopic (exact) mass is 718 g/mol. The van der Waals surface area contributed by atoms with Crippen molar-refractivity contribution in [2.24, 2.45) is 0 Å². The molecule has 0 aliphatic carbocycles. The first-order valence-corrected chi connectivity index (χ1v) is 15.5. The second-order valence-electron chi connectivity index (χ2n) is 11.2. The van der Waals surface area contributed by atoms with Crippen LogP contribution >= 0.6 is 0 Å². The molecular formula is C37H41BF4N7O3+. The number of nitrogens with one attached hydrogen (secondary N) is 1. The molecule has 0 saturated carbocycles. The van der Waals surface area contributed by atoms with Gasteiger partial charge in [-0.25, -0.2) is 13.9 Å². The van der Waals surface area contributed by atoms with E-state index in [1.165, 1.54) is 59.0 Å². The molecule has 15 heteroatoms. The summed E-state index contributed by atoms with van der Waals surface area (Å²) in [7, 11) is -0.930.